The van der Waals surface area contributed by atoms with Gasteiger partial charge < -0.3 is 15.2 Å². The Balaban J connectivity index is 1.55. The summed E-state index contributed by atoms with van der Waals surface area (Å²) in [5.74, 6) is 0.990. The van der Waals surface area contributed by atoms with E-state index >= 15 is 0 Å². The van der Waals surface area contributed by atoms with Crippen molar-refractivity contribution in [3.63, 3.8) is 0 Å². The smallest absolute Gasteiger partial charge is 0.244 e. The first-order valence-corrected chi connectivity index (χ1v) is 14.7. The van der Waals surface area contributed by atoms with Crippen molar-refractivity contribution in [1.29, 1.82) is 0 Å². The Kier molecular flexibility index (Phi) is 8.17. The summed E-state index contributed by atoms with van der Waals surface area (Å²) >= 11 is 1.57. The molecule has 0 unspecified atom stereocenters. The van der Waals surface area contributed by atoms with Crippen LogP contribution in [0.2, 0.25) is 0 Å². The second-order valence-corrected chi connectivity index (χ2v) is 12.4. The van der Waals surface area contributed by atoms with Gasteiger partial charge in [-0.3, -0.25) is 0 Å². The summed E-state index contributed by atoms with van der Waals surface area (Å²) in [5.41, 5.74) is 1.69. The lowest BCUT2D eigenvalue weighted by molar-refractivity contribution is 0.120. The van der Waals surface area contributed by atoms with Crippen LogP contribution in [-0.2, 0) is 10.0 Å². The Morgan fingerprint density at radius 3 is 2.50 bits per heavy atom. The molecule has 9 heteroatoms. The highest BCUT2D eigenvalue weighted by molar-refractivity contribution is 7.89. The highest BCUT2D eigenvalue weighted by Gasteiger charge is 2.28. The second-order valence-electron chi connectivity index (χ2n) is 9.76. The Hall–Kier alpha value is -1.68. The molecule has 0 aliphatic heterocycles. The van der Waals surface area contributed by atoms with Gasteiger partial charge in [-0.2, -0.15) is 0 Å². The van der Waals surface area contributed by atoms with E-state index in [-0.39, 0.29) is 17.0 Å². The van der Waals surface area contributed by atoms with Crippen molar-refractivity contribution in [3.05, 3.63) is 23.9 Å². The Labute approximate surface area is 207 Å². The molecule has 2 aliphatic rings. The third-order valence-corrected chi connectivity index (χ3v) is 9.92. The molecule has 1 atom stereocenters. The summed E-state index contributed by atoms with van der Waals surface area (Å²) in [6.07, 6.45) is 8.61. The molecule has 2 fully saturated rings. The summed E-state index contributed by atoms with van der Waals surface area (Å²) in [6.45, 7) is 4.20. The van der Waals surface area contributed by atoms with E-state index in [0.717, 1.165) is 21.3 Å². The molecule has 188 valence electrons. The van der Waals surface area contributed by atoms with Crippen LogP contribution in [0.1, 0.15) is 70.4 Å². The van der Waals surface area contributed by atoms with E-state index in [1.165, 1.54) is 39.2 Å². The maximum absolute atomic E-state index is 13.3. The number of aryl methyl sites for hydroxylation is 1. The third kappa shape index (κ3) is 5.93. The van der Waals surface area contributed by atoms with Crippen LogP contribution in [0.3, 0.4) is 0 Å². The normalized spacial score (nSPS) is 22.9. The van der Waals surface area contributed by atoms with Gasteiger partial charge in [0, 0.05) is 12.1 Å². The van der Waals surface area contributed by atoms with Gasteiger partial charge in [-0.15, -0.1) is 0 Å². The molecule has 2 aromatic rings. The molecule has 34 heavy (non-hydrogen) atoms. The molecule has 0 bridgehead atoms. The van der Waals surface area contributed by atoms with Crippen molar-refractivity contribution in [2.75, 3.05) is 12.4 Å². The van der Waals surface area contributed by atoms with Crippen LogP contribution in [0.4, 0.5) is 5.13 Å². The SMILES string of the molecule is COc1ccc(-c2sc(N[C@H](C)C3CCCCC3)nc2C)cc1S(=O)(=O)N[C@H]1CC[C@@H](O)CC1. The zero-order chi connectivity index (χ0) is 24.3. The summed E-state index contributed by atoms with van der Waals surface area (Å²) < 4.78 is 34.8. The van der Waals surface area contributed by atoms with E-state index in [9.17, 15) is 13.5 Å². The highest BCUT2D eigenvalue weighted by Crippen LogP contribution is 2.38. The lowest BCUT2D eigenvalue weighted by Gasteiger charge is -2.28. The van der Waals surface area contributed by atoms with Gasteiger partial charge in [-0.1, -0.05) is 30.6 Å². The van der Waals surface area contributed by atoms with Crippen LogP contribution in [0.15, 0.2) is 23.1 Å². The minimum Gasteiger partial charge on any atom is -0.495 e. The van der Waals surface area contributed by atoms with Gasteiger partial charge in [-0.25, -0.2) is 18.1 Å². The number of sulfonamides is 1. The lowest BCUT2D eigenvalue weighted by Crippen LogP contribution is -2.38. The number of hydrogen-bond donors (Lipinski definition) is 3. The Morgan fingerprint density at radius 2 is 1.82 bits per heavy atom. The topological polar surface area (TPSA) is 101 Å². The molecule has 4 rings (SSSR count). The molecule has 0 amide bonds. The van der Waals surface area contributed by atoms with Crippen molar-refractivity contribution >= 4 is 26.5 Å². The fourth-order valence-corrected chi connectivity index (χ4v) is 7.74. The number of rotatable bonds is 8. The number of nitrogens with zero attached hydrogens (tertiary/aromatic N) is 1. The van der Waals surface area contributed by atoms with Gasteiger partial charge in [0.2, 0.25) is 10.0 Å². The second kappa shape index (κ2) is 10.9. The van der Waals surface area contributed by atoms with Crippen molar-refractivity contribution in [1.82, 2.24) is 9.71 Å². The average Bonchev–Trinajstić information content (AvgIpc) is 3.20. The van der Waals surface area contributed by atoms with E-state index in [4.69, 9.17) is 9.72 Å². The van der Waals surface area contributed by atoms with Gasteiger partial charge >= 0.3 is 0 Å². The van der Waals surface area contributed by atoms with Gasteiger partial charge in [-0.05, 0) is 82.1 Å². The number of thiazole rings is 1. The van der Waals surface area contributed by atoms with E-state index in [1.54, 1.807) is 23.5 Å². The van der Waals surface area contributed by atoms with Crippen molar-refractivity contribution in [2.45, 2.75) is 94.7 Å². The third-order valence-electron chi connectivity index (χ3n) is 7.24. The number of ether oxygens (including phenoxy) is 1. The largest absolute Gasteiger partial charge is 0.495 e. The number of hydrogen-bond acceptors (Lipinski definition) is 7. The first-order chi connectivity index (χ1) is 16.3. The molecule has 1 aromatic carbocycles. The molecule has 3 N–H and O–H groups in total. The molecule has 2 saturated carbocycles. The van der Waals surface area contributed by atoms with E-state index in [0.29, 0.717) is 43.4 Å². The molecule has 2 aliphatic carbocycles. The number of aromatic nitrogens is 1. The fourth-order valence-electron chi connectivity index (χ4n) is 5.18. The van der Waals surface area contributed by atoms with Crippen LogP contribution in [0.5, 0.6) is 5.75 Å². The Morgan fingerprint density at radius 1 is 1.12 bits per heavy atom. The molecule has 0 radical (unpaired) electrons. The van der Waals surface area contributed by atoms with E-state index in [2.05, 4.69) is 17.0 Å². The van der Waals surface area contributed by atoms with Gasteiger partial charge in [0.25, 0.3) is 0 Å². The number of aliphatic hydroxyl groups excluding tert-OH is 1. The molecular weight excluding hydrogens is 470 g/mol. The molecule has 1 aromatic heterocycles. The minimum absolute atomic E-state index is 0.136. The van der Waals surface area contributed by atoms with Crippen LogP contribution >= 0.6 is 11.3 Å². The van der Waals surface area contributed by atoms with Crippen LogP contribution in [-0.4, -0.2) is 43.8 Å². The monoisotopic (exact) mass is 507 g/mol. The standard InChI is InChI=1S/C25H37N3O4S2/c1-16(18-7-5-4-6-8-18)26-25-27-17(2)24(33-25)19-9-14-22(32-3)23(15-19)34(30,31)28-20-10-12-21(29)13-11-20/h9,14-16,18,20-21,28-29H,4-8,10-13H2,1-3H3,(H,26,27)/t16-,20-,21+/m1/s1. The molecule has 0 saturated heterocycles. The molecular formula is C25H37N3O4S2. The van der Waals surface area contributed by atoms with E-state index in [1.807, 2.05) is 13.0 Å². The first kappa shape index (κ1) is 25.4. The molecule has 1 heterocycles. The summed E-state index contributed by atoms with van der Waals surface area (Å²) in [7, 11) is -2.29. The number of aliphatic hydroxyl groups is 1. The zero-order valence-electron chi connectivity index (χ0n) is 20.3. The summed E-state index contributed by atoms with van der Waals surface area (Å²) in [4.78, 5) is 5.84. The number of anilines is 1. The minimum atomic E-state index is -3.78. The van der Waals surface area contributed by atoms with Crippen molar-refractivity contribution in [2.24, 2.45) is 5.92 Å². The Bertz CT molecular complexity index is 1070. The maximum atomic E-state index is 13.3. The molecule has 0 spiro atoms. The van der Waals surface area contributed by atoms with Crippen molar-refractivity contribution < 1.29 is 18.3 Å². The van der Waals surface area contributed by atoms with Crippen molar-refractivity contribution in [3.8, 4) is 16.2 Å². The van der Waals surface area contributed by atoms with Gasteiger partial charge in [0.05, 0.1) is 23.8 Å². The quantitative estimate of drug-likeness (QED) is 0.460. The fraction of sp³-hybridized carbons (Fsp3) is 0.640. The summed E-state index contributed by atoms with van der Waals surface area (Å²) in [5, 5.41) is 14.2. The predicted molar refractivity (Wildman–Crippen MR) is 137 cm³/mol. The number of benzene rings is 1. The molecule has 7 nitrogen and oxygen atoms in total. The van der Waals surface area contributed by atoms with Crippen LogP contribution in [0, 0.1) is 12.8 Å². The first-order valence-electron chi connectivity index (χ1n) is 12.4. The van der Waals surface area contributed by atoms with Crippen LogP contribution in [0.25, 0.3) is 10.4 Å². The maximum Gasteiger partial charge on any atom is 0.244 e. The number of nitrogens with one attached hydrogen (secondary N) is 2. The summed E-state index contributed by atoms with van der Waals surface area (Å²) in [6, 6.07) is 5.48. The van der Waals surface area contributed by atoms with Gasteiger partial charge in [0.1, 0.15) is 10.6 Å². The number of methoxy groups -OCH3 is 1. The highest BCUT2D eigenvalue weighted by atomic mass is 32.2. The van der Waals surface area contributed by atoms with Crippen LogP contribution < -0.4 is 14.8 Å². The van der Waals surface area contributed by atoms with Gasteiger partial charge in [0.15, 0.2) is 5.13 Å². The predicted octanol–water partition coefficient (Wildman–Crippen LogP) is 5.09. The zero-order valence-corrected chi connectivity index (χ0v) is 22.0. The lowest BCUT2D eigenvalue weighted by atomic mass is 9.85. The van der Waals surface area contributed by atoms with E-state index < -0.39 is 10.0 Å². The average molecular weight is 508 g/mol.